The van der Waals surface area contributed by atoms with Crippen LogP contribution in [0.1, 0.15) is 38.1 Å². The van der Waals surface area contributed by atoms with Gasteiger partial charge in [-0.05, 0) is 32.9 Å². The first-order valence-corrected chi connectivity index (χ1v) is 11.5. The van der Waals surface area contributed by atoms with Crippen LogP contribution in [0.25, 0.3) is 0 Å². The first-order chi connectivity index (χ1) is 16.1. The minimum absolute atomic E-state index is 0.0247. The molecule has 0 aliphatic carbocycles. The second-order valence-corrected chi connectivity index (χ2v) is 9.04. The number of ether oxygens (including phenoxy) is 3. The second kappa shape index (κ2) is 12.6. The fraction of sp³-hybridized carbons (Fsp3) is 0.625. The van der Waals surface area contributed by atoms with Gasteiger partial charge in [-0.25, -0.2) is 4.79 Å². The molecule has 2 rings (SSSR count). The summed E-state index contributed by atoms with van der Waals surface area (Å²) in [7, 11) is 4.79. The molecule has 0 spiro atoms. The minimum atomic E-state index is -0.354. The van der Waals surface area contributed by atoms with Crippen LogP contribution in [0.5, 0.6) is 5.75 Å². The number of rotatable bonds is 5. The van der Waals surface area contributed by atoms with Crippen LogP contribution in [0.15, 0.2) is 18.2 Å². The van der Waals surface area contributed by atoms with Crippen molar-refractivity contribution in [3.8, 4) is 5.75 Å². The van der Waals surface area contributed by atoms with Crippen molar-refractivity contribution < 1.29 is 28.6 Å². The number of methoxy groups -OCH3 is 2. The second-order valence-electron chi connectivity index (χ2n) is 9.04. The van der Waals surface area contributed by atoms with Gasteiger partial charge in [0.15, 0.2) is 0 Å². The van der Waals surface area contributed by atoms with Gasteiger partial charge in [-0.15, -0.1) is 0 Å². The minimum Gasteiger partial charge on any atom is -0.491 e. The molecule has 10 heteroatoms. The quantitative estimate of drug-likeness (QED) is 0.672. The molecule has 190 valence electrons. The zero-order valence-corrected chi connectivity index (χ0v) is 21.2. The summed E-state index contributed by atoms with van der Waals surface area (Å²) >= 11 is 0. The van der Waals surface area contributed by atoms with Crippen LogP contribution in [0, 0.1) is 5.92 Å². The number of nitrogens with one attached hydrogen (secondary N) is 2. The maximum Gasteiger partial charge on any atom is 0.319 e. The summed E-state index contributed by atoms with van der Waals surface area (Å²) in [5, 5.41) is 5.52. The fourth-order valence-corrected chi connectivity index (χ4v) is 3.83. The van der Waals surface area contributed by atoms with Gasteiger partial charge in [0, 0.05) is 58.1 Å². The number of benzene rings is 1. The highest BCUT2D eigenvalue weighted by atomic mass is 16.5. The van der Waals surface area contributed by atoms with E-state index < -0.39 is 0 Å². The number of carbonyl (C=O) groups excluding carboxylic acids is 3. The van der Waals surface area contributed by atoms with E-state index >= 15 is 0 Å². The number of fused-ring (bicyclic) bond motifs is 1. The van der Waals surface area contributed by atoms with Crippen LogP contribution >= 0.6 is 0 Å². The highest BCUT2D eigenvalue weighted by Gasteiger charge is 2.30. The normalized spacial score (nSPS) is 21.8. The van der Waals surface area contributed by atoms with E-state index in [2.05, 4.69) is 10.6 Å². The smallest absolute Gasteiger partial charge is 0.319 e. The van der Waals surface area contributed by atoms with Crippen LogP contribution in [-0.4, -0.2) is 93.4 Å². The van der Waals surface area contributed by atoms with Gasteiger partial charge in [0.25, 0.3) is 5.91 Å². The Balaban J connectivity index is 2.41. The zero-order chi connectivity index (χ0) is 25.4. The first kappa shape index (κ1) is 27.4. The molecule has 1 aromatic carbocycles. The molecular weight excluding hydrogens is 440 g/mol. The lowest BCUT2D eigenvalue weighted by Crippen LogP contribution is -2.49. The molecule has 1 aliphatic rings. The van der Waals surface area contributed by atoms with Gasteiger partial charge in [-0.3, -0.25) is 9.59 Å². The molecule has 3 atom stereocenters. The molecule has 0 unspecified atom stereocenters. The van der Waals surface area contributed by atoms with Crippen molar-refractivity contribution in [2.75, 3.05) is 52.9 Å². The SMILES string of the molecule is COCC(=O)N1C[C@@H](C)[C@H](OC)CN(C)C(=O)c2ccc(NC(=O)NC(C)C)cc2OC[C@H]1C. The van der Waals surface area contributed by atoms with E-state index in [0.717, 1.165) is 0 Å². The number of hydrogen-bond donors (Lipinski definition) is 2. The highest BCUT2D eigenvalue weighted by Crippen LogP contribution is 2.27. The molecule has 0 saturated heterocycles. The van der Waals surface area contributed by atoms with Gasteiger partial charge in [0.05, 0.1) is 17.7 Å². The molecule has 4 amide bonds. The van der Waals surface area contributed by atoms with E-state index in [0.29, 0.717) is 30.1 Å². The van der Waals surface area contributed by atoms with Crippen LogP contribution in [0.2, 0.25) is 0 Å². The Morgan fingerprint density at radius 2 is 1.91 bits per heavy atom. The van der Waals surface area contributed by atoms with Crippen molar-refractivity contribution in [1.29, 1.82) is 0 Å². The summed E-state index contributed by atoms with van der Waals surface area (Å²) in [6.07, 6.45) is -0.275. The van der Waals surface area contributed by atoms with Gasteiger partial charge < -0.3 is 34.6 Å². The summed E-state index contributed by atoms with van der Waals surface area (Å²) in [6, 6.07) is 4.25. The Morgan fingerprint density at radius 1 is 1.21 bits per heavy atom. The Hall–Kier alpha value is -2.85. The topological polar surface area (TPSA) is 109 Å². The van der Waals surface area contributed by atoms with Gasteiger partial charge >= 0.3 is 6.03 Å². The van der Waals surface area contributed by atoms with Gasteiger partial charge in [-0.2, -0.15) is 0 Å². The largest absolute Gasteiger partial charge is 0.491 e. The number of hydrogen-bond acceptors (Lipinski definition) is 6. The monoisotopic (exact) mass is 478 g/mol. The molecule has 0 radical (unpaired) electrons. The fourth-order valence-electron chi connectivity index (χ4n) is 3.83. The maximum absolute atomic E-state index is 13.2. The van der Waals surface area contributed by atoms with E-state index in [1.165, 1.54) is 7.11 Å². The number of likely N-dealkylation sites (N-methyl/N-ethyl adjacent to an activating group) is 1. The van der Waals surface area contributed by atoms with E-state index in [1.54, 1.807) is 42.2 Å². The zero-order valence-electron chi connectivity index (χ0n) is 21.2. The number of urea groups is 1. The van der Waals surface area contributed by atoms with Crippen LogP contribution in [-0.2, 0) is 14.3 Å². The number of nitrogens with zero attached hydrogens (tertiary/aromatic N) is 2. The molecule has 1 heterocycles. The van der Waals surface area contributed by atoms with Crippen molar-refractivity contribution in [3.63, 3.8) is 0 Å². The van der Waals surface area contributed by atoms with E-state index in [9.17, 15) is 14.4 Å². The van der Waals surface area contributed by atoms with Crippen molar-refractivity contribution in [2.24, 2.45) is 5.92 Å². The Kier molecular flexibility index (Phi) is 10.1. The van der Waals surface area contributed by atoms with Crippen molar-refractivity contribution in [3.05, 3.63) is 23.8 Å². The maximum atomic E-state index is 13.2. The summed E-state index contributed by atoms with van der Waals surface area (Å²) in [5.74, 6) is -0.0769. The van der Waals surface area contributed by atoms with E-state index in [4.69, 9.17) is 14.2 Å². The van der Waals surface area contributed by atoms with Gasteiger partial charge in [0.2, 0.25) is 5.91 Å². The third-order valence-corrected chi connectivity index (χ3v) is 5.71. The standard InChI is InChI=1S/C24H38N4O6/c1-15(2)25-24(31)26-18-8-9-19-20(10-18)34-13-17(4)28(22(29)14-32-6)11-16(3)21(33-7)12-27(5)23(19)30/h8-10,15-17,21H,11-14H2,1-7H3,(H2,25,26,31)/t16-,17-,21-/m1/s1. The lowest BCUT2D eigenvalue weighted by molar-refractivity contribution is -0.139. The van der Waals surface area contributed by atoms with E-state index in [-0.39, 0.29) is 55.2 Å². The summed E-state index contributed by atoms with van der Waals surface area (Å²) in [6.45, 7) is 8.50. The third-order valence-electron chi connectivity index (χ3n) is 5.71. The Labute approximate surface area is 201 Å². The molecular formula is C24H38N4O6. The number of amides is 4. The summed E-state index contributed by atoms with van der Waals surface area (Å²) in [5.41, 5.74) is 0.852. The van der Waals surface area contributed by atoms with Gasteiger partial charge in [0.1, 0.15) is 19.0 Å². The highest BCUT2D eigenvalue weighted by molar-refractivity contribution is 5.98. The molecule has 1 aromatic rings. The lowest BCUT2D eigenvalue weighted by Gasteiger charge is -2.36. The molecule has 1 aliphatic heterocycles. The average molecular weight is 479 g/mol. The van der Waals surface area contributed by atoms with E-state index in [1.807, 2.05) is 27.7 Å². The third kappa shape index (κ3) is 7.33. The predicted octanol–water partition coefficient (Wildman–Crippen LogP) is 2.20. The summed E-state index contributed by atoms with van der Waals surface area (Å²) in [4.78, 5) is 41.5. The van der Waals surface area contributed by atoms with Gasteiger partial charge in [-0.1, -0.05) is 6.92 Å². The molecule has 34 heavy (non-hydrogen) atoms. The summed E-state index contributed by atoms with van der Waals surface area (Å²) < 4.78 is 16.8. The average Bonchev–Trinajstić information content (AvgIpc) is 2.77. The molecule has 0 fully saturated rings. The van der Waals surface area contributed by atoms with Crippen molar-refractivity contribution in [2.45, 2.75) is 45.9 Å². The van der Waals surface area contributed by atoms with Crippen LogP contribution < -0.4 is 15.4 Å². The molecule has 2 N–H and O–H groups in total. The first-order valence-electron chi connectivity index (χ1n) is 11.5. The number of carbonyl (C=O) groups is 3. The van der Waals surface area contributed by atoms with Crippen molar-refractivity contribution >= 4 is 23.5 Å². The molecule has 0 aromatic heterocycles. The molecule has 0 saturated carbocycles. The van der Waals surface area contributed by atoms with Crippen LogP contribution in [0.4, 0.5) is 10.5 Å². The molecule has 10 nitrogen and oxygen atoms in total. The Bertz CT molecular complexity index is 862. The Morgan fingerprint density at radius 3 is 2.53 bits per heavy atom. The molecule has 0 bridgehead atoms. The lowest BCUT2D eigenvalue weighted by atomic mass is 10.0. The van der Waals surface area contributed by atoms with Crippen molar-refractivity contribution in [1.82, 2.24) is 15.1 Å². The number of anilines is 1. The predicted molar refractivity (Wildman–Crippen MR) is 129 cm³/mol. The van der Waals surface area contributed by atoms with Crippen LogP contribution in [0.3, 0.4) is 0 Å².